The summed E-state index contributed by atoms with van der Waals surface area (Å²) in [4.78, 5) is 8.91. The van der Waals surface area contributed by atoms with Gasteiger partial charge in [-0.25, -0.2) is 18.7 Å². The summed E-state index contributed by atoms with van der Waals surface area (Å²) in [5, 5.41) is 3.97. The fourth-order valence-electron chi connectivity index (χ4n) is 4.32. The second-order valence-electron chi connectivity index (χ2n) is 9.03. The summed E-state index contributed by atoms with van der Waals surface area (Å²) in [6.45, 7) is 0.946. The molecule has 2 unspecified atom stereocenters. The number of anilines is 1. The van der Waals surface area contributed by atoms with Gasteiger partial charge in [0.15, 0.2) is 17.3 Å². The summed E-state index contributed by atoms with van der Waals surface area (Å²) in [5.41, 5.74) is 15.6. The number of hydrogen-bond donors (Lipinski definition) is 2. The highest BCUT2D eigenvalue weighted by Gasteiger charge is 2.19. The molecular weight excluding hydrogens is 464 g/mol. The fourth-order valence-corrected chi connectivity index (χ4v) is 4.32. The van der Waals surface area contributed by atoms with Crippen LogP contribution in [0.5, 0.6) is 0 Å². The van der Waals surface area contributed by atoms with E-state index in [0.717, 1.165) is 38.0 Å². The Morgan fingerprint density at radius 2 is 1.92 bits per heavy atom. The van der Waals surface area contributed by atoms with E-state index in [9.17, 15) is 8.78 Å². The molecule has 0 saturated carbocycles. The summed E-state index contributed by atoms with van der Waals surface area (Å²) >= 11 is 0. The maximum Gasteiger partial charge on any atom is 0.189 e. The third kappa shape index (κ3) is 5.12. The molecule has 0 aliphatic carbocycles. The van der Waals surface area contributed by atoms with Crippen LogP contribution in [0, 0.1) is 11.7 Å². The second kappa shape index (κ2) is 10.5. The number of nitrogens with two attached hydrogens (primary N) is 2. The van der Waals surface area contributed by atoms with Gasteiger partial charge in [0, 0.05) is 30.4 Å². The van der Waals surface area contributed by atoms with Crippen molar-refractivity contribution in [1.29, 1.82) is 0 Å². The fraction of sp³-hybridized carbons (Fsp3) is 0.296. The molecule has 7 nitrogen and oxygen atoms in total. The largest absolute Gasteiger partial charge is 0.382 e. The lowest BCUT2D eigenvalue weighted by molar-refractivity contribution is 0.184. The molecule has 1 fully saturated rings. The van der Waals surface area contributed by atoms with E-state index in [1.165, 1.54) is 17.7 Å². The highest BCUT2D eigenvalue weighted by Crippen LogP contribution is 2.31. The molecule has 0 bridgehead atoms. The maximum absolute atomic E-state index is 14.7. The van der Waals surface area contributed by atoms with Crippen LogP contribution in [0.4, 0.5) is 14.6 Å². The zero-order valence-corrected chi connectivity index (χ0v) is 19.7. The van der Waals surface area contributed by atoms with Crippen molar-refractivity contribution in [2.45, 2.75) is 25.3 Å². The molecule has 1 saturated heterocycles. The van der Waals surface area contributed by atoms with Crippen LogP contribution < -0.4 is 11.5 Å². The number of benzene rings is 2. The highest BCUT2D eigenvalue weighted by atomic mass is 19.1. The van der Waals surface area contributed by atoms with Gasteiger partial charge >= 0.3 is 0 Å². The van der Waals surface area contributed by atoms with Crippen molar-refractivity contribution < 1.29 is 18.0 Å². The number of rotatable bonds is 8. The molecule has 186 valence electrons. The first-order chi connectivity index (χ1) is 17.5. The molecule has 5 rings (SSSR count). The van der Waals surface area contributed by atoms with E-state index >= 15 is 0 Å². The zero-order valence-electron chi connectivity index (χ0n) is 19.7. The molecule has 0 spiro atoms. The van der Waals surface area contributed by atoms with E-state index in [-0.39, 0.29) is 22.8 Å². The van der Waals surface area contributed by atoms with E-state index < -0.39 is 18.5 Å². The Labute approximate surface area is 207 Å². The first-order valence-electron chi connectivity index (χ1n) is 11.9. The van der Waals surface area contributed by atoms with E-state index in [2.05, 4.69) is 27.3 Å². The average molecular weight is 492 g/mol. The summed E-state index contributed by atoms with van der Waals surface area (Å²) in [5.74, 6) is 0.489. The van der Waals surface area contributed by atoms with Crippen molar-refractivity contribution in [3.05, 3.63) is 71.7 Å². The summed E-state index contributed by atoms with van der Waals surface area (Å²) < 4.78 is 38.4. The first-order valence-corrected chi connectivity index (χ1v) is 11.9. The summed E-state index contributed by atoms with van der Waals surface area (Å²) in [6, 6.07) is 13.1. The standard InChI is InChI=1S/C27H27F2N5O2/c28-13-22(30)19-7-8-20(21(29)11-19)23-12-25(36-34-23)26-27(31)32-14-24(33-26)18-5-3-16(4-6-18)1-2-17-9-10-35-15-17/h3-8,11-12,14,17,22H,1-2,9-10,13,15,30H2,(H2,31,32). The molecule has 36 heavy (non-hydrogen) atoms. The van der Waals surface area contributed by atoms with Gasteiger partial charge in [0.2, 0.25) is 0 Å². The van der Waals surface area contributed by atoms with Crippen LogP contribution in [0.2, 0.25) is 0 Å². The third-order valence-electron chi connectivity index (χ3n) is 6.52. The molecule has 3 heterocycles. The van der Waals surface area contributed by atoms with E-state index in [1.807, 2.05) is 12.1 Å². The predicted octanol–water partition coefficient (Wildman–Crippen LogP) is 5.13. The lowest BCUT2D eigenvalue weighted by Gasteiger charge is -2.09. The Balaban J connectivity index is 1.35. The van der Waals surface area contributed by atoms with Crippen LogP contribution >= 0.6 is 0 Å². The molecule has 1 aliphatic heterocycles. The van der Waals surface area contributed by atoms with Crippen LogP contribution in [0.15, 0.2) is 59.3 Å². The van der Waals surface area contributed by atoms with Gasteiger partial charge in [-0.15, -0.1) is 0 Å². The number of alkyl halides is 1. The quantitative estimate of drug-likeness (QED) is 0.351. The van der Waals surface area contributed by atoms with Crippen LogP contribution in [-0.2, 0) is 11.2 Å². The van der Waals surface area contributed by atoms with Gasteiger partial charge < -0.3 is 20.7 Å². The van der Waals surface area contributed by atoms with Gasteiger partial charge in [-0.3, -0.25) is 0 Å². The molecule has 1 aliphatic rings. The van der Waals surface area contributed by atoms with Crippen molar-refractivity contribution in [3.63, 3.8) is 0 Å². The van der Waals surface area contributed by atoms with Gasteiger partial charge in [-0.2, -0.15) is 0 Å². The van der Waals surface area contributed by atoms with Gasteiger partial charge in [-0.05, 0) is 48.4 Å². The molecule has 0 radical (unpaired) electrons. The average Bonchev–Trinajstić information content (AvgIpc) is 3.60. The lowest BCUT2D eigenvalue weighted by Crippen LogP contribution is -2.12. The van der Waals surface area contributed by atoms with Crippen molar-refractivity contribution in [2.24, 2.45) is 11.7 Å². The smallest absolute Gasteiger partial charge is 0.189 e. The van der Waals surface area contributed by atoms with Gasteiger partial charge in [0.1, 0.15) is 18.2 Å². The molecule has 0 amide bonds. The molecule has 2 atom stereocenters. The molecule has 9 heteroatoms. The first kappa shape index (κ1) is 24.0. The minimum absolute atomic E-state index is 0.168. The van der Waals surface area contributed by atoms with Crippen LogP contribution in [0.3, 0.4) is 0 Å². The van der Waals surface area contributed by atoms with E-state index in [4.69, 9.17) is 20.7 Å². The van der Waals surface area contributed by atoms with Gasteiger partial charge in [0.25, 0.3) is 0 Å². The number of halogens is 2. The van der Waals surface area contributed by atoms with Crippen LogP contribution in [0.25, 0.3) is 34.0 Å². The Hall–Kier alpha value is -3.69. The van der Waals surface area contributed by atoms with Crippen LogP contribution in [0.1, 0.15) is 30.0 Å². The molecular formula is C27H27F2N5O2. The van der Waals surface area contributed by atoms with Crippen molar-refractivity contribution >= 4 is 5.82 Å². The van der Waals surface area contributed by atoms with Crippen LogP contribution in [-0.4, -0.2) is 35.0 Å². The van der Waals surface area contributed by atoms with Gasteiger partial charge in [-0.1, -0.05) is 35.5 Å². The Bertz CT molecular complexity index is 1340. The number of hydrogen-bond acceptors (Lipinski definition) is 7. The van der Waals surface area contributed by atoms with Crippen molar-refractivity contribution in [3.8, 4) is 34.0 Å². The number of nitrogen functional groups attached to an aromatic ring is 1. The van der Waals surface area contributed by atoms with Crippen molar-refractivity contribution in [1.82, 2.24) is 15.1 Å². The number of aryl methyl sites for hydroxylation is 1. The maximum atomic E-state index is 14.7. The topological polar surface area (TPSA) is 113 Å². The normalized spacial score (nSPS) is 16.4. The highest BCUT2D eigenvalue weighted by molar-refractivity contribution is 5.73. The Kier molecular flexibility index (Phi) is 7.02. The molecule has 4 aromatic rings. The molecule has 4 N–H and O–H groups in total. The SMILES string of the molecule is Nc1ncc(-c2ccc(CCC3CCOC3)cc2)nc1-c1cc(-c2ccc(C(N)CF)cc2F)no1. The van der Waals surface area contributed by atoms with Gasteiger partial charge in [0.05, 0.1) is 17.9 Å². The Morgan fingerprint density at radius 3 is 2.64 bits per heavy atom. The number of aromatic nitrogens is 3. The summed E-state index contributed by atoms with van der Waals surface area (Å²) in [7, 11) is 0. The van der Waals surface area contributed by atoms with Crippen molar-refractivity contribution in [2.75, 3.05) is 25.6 Å². The monoisotopic (exact) mass is 491 g/mol. The molecule has 2 aromatic heterocycles. The van der Waals surface area contributed by atoms with E-state index in [1.54, 1.807) is 18.3 Å². The second-order valence-corrected chi connectivity index (χ2v) is 9.03. The minimum Gasteiger partial charge on any atom is -0.382 e. The number of ether oxygens (including phenoxy) is 1. The Morgan fingerprint density at radius 1 is 1.08 bits per heavy atom. The zero-order chi connectivity index (χ0) is 25.1. The number of nitrogens with zero attached hydrogens (tertiary/aromatic N) is 3. The lowest BCUT2D eigenvalue weighted by atomic mass is 9.98. The minimum atomic E-state index is -0.879. The summed E-state index contributed by atoms with van der Waals surface area (Å²) in [6.07, 6.45) is 4.86. The van der Waals surface area contributed by atoms with E-state index in [0.29, 0.717) is 22.9 Å². The predicted molar refractivity (Wildman–Crippen MR) is 133 cm³/mol. The molecule has 2 aromatic carbocycles. The third-order valence-corrected chi connectivity index (χ3v) is 6.52.